The first-order chi connectivity index (χ1) is 6.06. The second-order valence-corrected chi connectivity index (χ2v) is 6.72. The molecule has 0 aliphatic rings. The van der Waals surface area contributed by atoms with E-state index in [1.165, 1.54) is 18.2 Å². The maximum absolute atomic E-state index is 8.65. The molecule has 0 aromatic heterocycles. The molecule has 0 spiro atoms. The fourth-order valence-electron chi connectivity index (χ4n) is 0.493. The van der Waals surface area contributed by atoms with Crippen LogP contribution in [0.25, 0.3) is 0 Å². The van der Waals surface area contributed by atoms with E-state index in [2.05, 4.69) is 6.58 Å². The molecular weight excluding hydrogens is 227 g/mol. The topological polar surface area (TPSA) is 40.5 Å². The van der Waals surface area contributed by atoms with Gasteiger partial charge in [-0.3, -0.25) is 0 Å². The molecule has 0 bridgehead atoms. The van der Waals surface area contributed by atoms with Gasteiger partial charge in [0.2, 0.25) is 0 Å². The van der Waals surface area contributed by atoms with Crippen LogP contribution in [0.2, 0.25) is 0 Å². The van der Waals surface area contributed by atoms with Crippen LogP contribution < -0.4 is 0 Å². The van der Waals surface area contributed by atoms with Crippen molar-refractivity contribution in [3.8, 4) is 11.5 Å². The van der Waals surface area contributed by atoms with Gasteiger partial charge in [-0.05, 0) is 12.1 Å². The lowest BCUT2D eigenvalue weighted by Crippen LogP contribution is -1.78. The smallest absolute Gasteiger partial charge is 0.259 e. The lowest BCUT2D eigenvalue weighted by atomic mass is 10.3. The number of hydrogen-bond acceptors (Lipinski definition) is 2. The van der Waals surface area contributed by atoms with E-state index in [9.17, 15) is 0 Å². The largest absolute Gasteiger partial charge is 0.508 e. The number of phenolic OH excluding ortho intramolecular Hbond substituents is 2. The lowest BCUT2D eigenvalue weighted by Gasteiger charge is -1.89. The van der Waals surface area contributed by atoms with Gasteiger partial charge in [0, 0.05) is 6.07 Å². The summed E-state index contributed by atoms with van der Waals surface area (Å²) in [6.45, 7) is 3.36. The fourth-order valence-corrected chi connectivity index (χ4v) is 0.493. The molecule has 0 saturated carbocycles. The predicted molar refractivity (Wildman–Crippen MR) is 58.8 cm³/mol. The number of phenols is 2. The molecule has 5 heteroatoms. The van der Waals surface area contributed by atoms with Crippen molar-refractivity contribution in [1.29, 1.82) is 0 Å². The minimum atomic E-state index is -1.44. The molecule has 1 aromatic carbocycles. The quantitative estimate of drug-likeness (QED) is 0.582. The standard InChI is InChI=1S/C6H6O2.C2H4Cl2Si/c7-5-2-1-3-6(8)4-5;1-2-5(3)4/h1-4,7-8H;2,5H,1H2. The molecule has 0 heterocycles. The molecule has 0 aliphatic carbocycles. The zero-order valence-electron chi connectivity index (χ0n) is 6.82. The van der Waals surface area contributed by atoms with Crippen LogP contribution in [0.5, 0.6) is 11.5 Å². The summed E-state index contributed by atoms with van der Waals surface area (Å²) in [6.07, 6.45) is 0. The normalized spacial score (nSPS) is 8.85. The lowest BCUT2D eigenvalue weighted by molar-refractivity contribution is 0.450. The molecule has 0 aliphatic heterocycles. The Balaban J connectivity index is 0.000000252. The Bertz CT molecular complexity index is 249. The zero-order valence-corrected chi connectivity index (χ0v) is 9.49. The van der Waals surface area contributed by atoms with Crippen LogP contribution in [0.3, 0.4) is 0 Å². The van der Waals surface area contributed by atoms with Crippen LogP contribution in [-0.4, -0.2) is 17.6 Å². The van der Waals surface area contributed by atoms with Gasteiger partial charge >= 0.3 is 0 Å². The average molecular weight is 237 g/mol. The van der Waals surface area contributed by atoms with E-state index < -0.39 is 7.42 Å². The summed E-state index contributed by atoms with van der Waals surface area (Å²) in [7, 11) is -1.44. The minimum Gasteiger partial charge on any atom is -0.508 e. The fraction of sp³-hybridized carbons (Fsp3) is 0. The van der Waals surface area contributed by atoms with Gasteiger partial charge in [0.1, 0.15) is 11.5 Å². The van der Waals surface area contributed by atoms with Crippen LogP contribution in [0.1, 0.15) is 0 Å². The van der Waals surface area contributed by atoms with E-state index >= 15 is 0 Å². The second-order valence-electron chi connectivity index (χ2n) is 2.09. The summed E-state index contributed by atoms with van der Waals surface area (Å²) < 4.78 is 0. The van der Waals surface area contributed by atoms with Crippen molar-refractivity contribution in [2.45, 2.75) is 0 Å². The third-order valence-corrected chi connectivity index (χ3v) is 2.43. The summed E-state index contributed by atoms with van der Waals surface area (Å²) in [4.78, 5) is 0. The molecule has 2 N–H and O–H groups in total. The predicted octanol–water partition coefficient (Wildman–Crippen LogP) is 2.51. The average Bonchev–Trinajstić information content (AvgIpc) is 2.05. The monoisotopic (exact) mass is 236 g/mol. The Morgan fingerprint density at radius 3 is 1.77 bits per heavy atom. The highest BCUT2D eigenvalue weighted by molar-refractivity contribution is 7.36. The molecule has 0 fully saturated rings. The maximum atomic E-state index is 8.65. The SMILES string of the molecule is C=C[SiH](Cl)Cl.Oc1cccc(O)c1. The number of halogens is 2. The van der Waals surface area contributed by atoms with Crippen molar-refractivity contribution >= 4 is 29.6 Å². The van der Waals surface area contributed by atoms with Crippen molar-refractivity contribution in [3.63, 3.8) is 0 Å². The molecule has 1 aromatic rings. The molecule has 0 radical (unpaired) electrons. The van der Waals surface area contributed by atoms with E-state index in [0.29, 0.717) is 0 Å². The Morgan fingerprint density at radius 1 is 1.23 bits per heavy atom. The summed E-state index contributed by atoms with van der Waals surface area (Å²) in [6, 6.07) is 5.85. The van der Waals surface area contributed by atoms with Crippen LogP contribution in [0.4, 0.5) is 0 Å². The van der Waals surface area contributed by atoms with Gasteiger partial charge < -0.3 is 10.2 Å². The summed E-state index contributed by atoms with van der Waals surface area (Å²) in [5.41, 5.74) is 1.59. The van der Waals surface area contributed by atoms with Crippen LogP contribution in [0, 0.1) is 0 Å². The van der Waals surface area contributed by atoms with Gasteiger partial charge in [0.05, 0.1) is 0 Å². The first kappa shape index (κ1) is 12.4. The highest BCUT2D eigenvalue weighted by Crippen LogP contribution is 2.14. The Hall–Kier alpha value is -0.643. The van der Waals surface area contributed by atoms with Crippen LogP contribution >= 0.6 is 22.2 Å². The molecule has 0 unspecified atom stereocenters. The highest BCUT2D eigenvalue weighted by Gasteiger charge is 1.86. The van der Waals surface area contributed by atoms with Gasteiger partial charge in [-0.2, -0.15) is 0 Å². The summed E-state index contributed by atoms with van der Waals surface area (Å²) in [5, 5.41) is 17.3. The van der Waals surface area contributed by atoms with Gasteiger partial charge in [-0.1, -0.05) is 11.8 Å². The number of rotatable bonds is 1. The van der Waals surface area contributed by atoms with Crippen LogP contribution in [-0.2, 0) is 0 Å². The third-order valence-electron chi connectivity index (χ3n) is 1.01. The molecule has 72 valence electrons. The summed E-state index contributed by atoms with van der Waals surface area (Å²) >= 11 is 10.5. The van der Waals surface area contributed by atoms with Crippen molar-refractivity contribution in [2.24, 2.45) is 0 Å². The first-order valence-electron chi connectivity index (χ1n) is 3.45. The molecule has 0 atom stereocenters. The van der Waals surface area contributed by atoms with Crippen molar-refractivity contribution in [3.05, 3.63) is 36.5 Å². The van der Waals surface area contributed by atoms with E-state index in [-0.39, 0.29) is 11.5 Å². The summed E-state index contributed by atoms with van der Waals surface area (Å²) in [5.74, 6) is 0.176. The van der Waals surface area contributed by atoms with Gasteiger partial charge in [-0.25, -0.2) is 0 Å². The van der Waals surface area contributed by atoms with E-state index in [4.69, 9.17) is 32.4 Å². The zero-order chi connectivity index (χ0) is 10.3. The Morgan fingerprint density at radius 2 is 1.62 bits per heavy atom. The molecule has 0 saturated heterocycles. The van der Waals surface area contributed by atoms with Crippen molar-refractivity contribution in [2.75, 3.05) is 0 Å². The van der Waals surface area contributed by atoms with E-state index in [1.54, 1.807) is 11.8 Å². The number of aromatic hydroxyl groups is 2. The third kappa shape index (κ3) is 7.71. The molecule has 1 rings (SSSR count). The molecule has 13 heavy (non-hydrogen) atoms. The second kappa shape index (κ2) is 6.83. The number of benzene rings is 1. The van der Waals surface area contributed by atoms with Gasteiger partial charge in [0.25, 0.3) is 7.42 Å². The van der Waals surface area contributed by atoms with Crippen molar-refractivity contribution < 1.29 is 10.2 Å². The van der Waals surface area contributed by atoms with Gasteiger partial charge in [-0.15, -0.1) is 28.7 Å². The maximum Gasteiger partial charge on any atom is 0.259 e. The van der Waals surface area contributed by atoms with E-state index in [1.807, 2.05) is 0 Å². The molecule has 2 nitrogen and oxygen atoms in total. The Labute approximate surface area is 88.1 Å². The van der Waals surface area contributed by atoms with Gasteiger partial charge in [0.15, 0.2) is 0 Å². The van der Waals surface area contributed by atoms with Crippen molar-refractivity contribution in [1.82, 2.24) is 0 Å². The first-order valence-corrected chi connectivity index (χ1v) is 7.60. The Kier molecular flexibility index (Phi) is 6.49. The van der Waals surface area contributed by atoms with E-state index in [0.717, 1.165) is 0 Å². The highest BCUT2D eigenvalue weighted by atomic mass is 35.7. The van der Waals surface area contributed by atoms with Crippen LogP contribution in [0.15, 0.2) is 36.5 Å². The molecular formula is C8H10Cl2O2Si. The molecule has 0 amide bonds. The number of hydrogen-bond donors (Lipinski definition) is 2. The minimum absolute atomic E-state index is 0.0880.